The molecule has 0 unspecified atom stereocenters. The third-order valence-corrected chi connectivity index (χ3v) is 6.57. The van der Waals surface area contributed by atoms with Crippen LogP contribution in [0.2, 0.25) is 0 Å². The monoisotopic (exact) mass is 426 g/mol. The molecule has 2 aromatic carbocycles. The zero-order valence-corrected chi connectivity index (χ0v) is 19.7. The van der Waals surface area contributed by atoms with E-state index in [0.29, 0.717) is 6.61 Å². The van der Waals surface area contributed by atoms with Gasteiger partial charge < -0.3 is 14.0 Å². The van der Waals surface area contributed by atoms with Gasteiger partial charge in [-0.15, -0.1) is 0 Å². The Morgan fingerprint density at radius 2 is 1.45 bits per heavy atom. The molecule has 0 spiro atoms. The third kappa shape index (κ3) is 5.90. The van der Waals surface area contributed by atoms with Crippen molar-refractivity contribution in [3.05, 3.63) is 59.4 Å². The van der Waals surface area contributed by atoms with Gasteiger partial charge in [-0.2, -0.15) is 0 Å². The second-order valence-corrected chi connectivity index (χ2v) is 9.47. The molecule has 0 radical (unpaired) electrons. The summed E-state index contributed by atoms with van der Waals surface area (Å²) in [6, 6.07) is 13.0. The van der Waals surface area contributed by atoms with Gasteiger partial charge in [0, 0.05) is 0 Å². The minimum Gasteiger partial charge on any atom is -0.486 e. The van der Waals surface area contributed by atoms with Gasteiger partial charge in [0.15, 0.2) is 11.6 Å². The minimum absolute atomic E-state index is 0.256. The van der Waals surface area contributed by atoms with E-state index >= 15 is 0 Å². The summed E-state index contributed by atoms with van der Waals surface area (Å²) in [6.07, 6.45) is 8.24. The average Bonchev–Trinajstić information content (AvgIpc) is 3.38. The number of aryl methyl sites for hydroxylation is 1. The maximum absolute atomic E-state index is 14.7. The van der Waals surface area contributed by atoms with Crippen LogP contribution >= 0.6 is 0 Å². The molecule has 1 heterocycles. The Bertz CT molecular complexity index is 824. The lowest BCUT2D eigenvalue weighted by Crippen LogP contribution is -2.41. The molecule has 1 aliphatic carbocycles. The van der Waals surface area contributed by atoms with E-state index < -0.39 is 24.1 Å². The molecule has 0 aromatic heterocycles. The van der Waals surface area contributed by atoms with Gasteiger partial charge in [0.2, 0.25) is 0 Å². The standard InChI is InChI=1S/C21H26BFO3.C5H10/c1-6-16-12-19(24-14-15-10-8-7-9-11-15)18(23)13-17(16)22-25-20(2,3)21(4,5)26-22;1-2-4-5-3-1/h7-13H,6,14H2,1-5H3;1-5H2. The first-order chi connectivity index (χ1) is 14.7. The maximum Gasteiger partial charge on any atom is 0.495 e. The number of rotatable bonds is 5. The van der Waals surface area contributed by atoms with Gasteiger partial charge in [-0.1, -0.05) is 69.4 Å². The Morgan fingerprint density at radius 1 is 0.903 bits per heavy atom. The molecule has 3 nitrogen and oxygen atoms in total. The number of halogens is 1. The highest BCUT2D eigenvalue weighted by Crippen LogP contribution is 2.37. The first kappa shape index (κ1) is 23.8. The van der Waals surface area contributed by atoms with Gasteiger partial charge in [0.25, 0.3) is 0 Å². The Morgan fingerprint density at radius 3 is 1.97 bits per heavy atom. The van der Waals surface area contributed by atoms with Gasteiger partial charge in [-0.3, -0.25) is 0 Å². The molecule has 1 saturated carbocycles. The lowest BCUT2D eigenvalue weighted by molar-refractivity contribution is 0.00578. The van der Waals surface area contributed by atoms with Crippen LogP contribution in [-0.4, -0.2) is 18.3 Å². The van der Waals surface area contributed by atoms with E-state index in [9.17, 15) is 4.39 Å². The lowest BCUT2D eigenvalue weighted by Gasteiger charge is -2.32. The van der Waals surface area contributed by atoms with Crippen molar-refractivity contribution in [1.82, 2.24) is 0 Å². The van der Waals surface area contributed by atoms with Crippen LogP contribution in [0.4, 0.5) is 4.39 Å². The van der Waals surface area contributed by atoms with Crippen molar-refractivity contribution in [2.45, 2.75) is 91.0 Å². The van der Waals surface area contributed by atoms with Crippen molar-refractivity contribution < 1.29 is 18.4 Å². The van der Waals surface area contributed by atoms with Crippen molar-refractivity contribution in [3.8, 4) is 5.75 Å². The van der Waals surface area contributed by atoms with E-state index in [2.05, 4.69) is 0 Å². The van der Waals surface area contributed by atoms with E-state index in [0.717, 1.165) is 23.0 Å². The molecule has 0 atom stereocenters. The van der Waals surface area contributed by atoms with Crippen LogP contribution in [0, 0.1) is 5.82 Å². The van der Waals surface area contributed by atoms with Gasteiger partial charge in [0.1, 0.15) is 6.61 Å². The lowest BCUT2D eigenvalue weighted by atomic mass is 9.75. The number of hydrogen-bond acceptors (Lipinski definition) is 3. The van der Waals surface area contributed by atoms with Gasteiger partial charge in [-0.05, 0) is 62.8 Å². The molecule has 0 bridgehead atoms. The quantitative estimate of drug-likeness (QED) is 0.532. The summed E-state index contributed by atoms with van der Waals surface area (Å²) in [4.78, 5) is 0. The van der Waals surface area contributed by atoms with Crippen molar-refractivity contribution in [3.63, 3.8) is 0 Å². The summed E-state index contributed by atoms with van der Waals surface area (Å²) in [5.74, 6) is -0.145. The molecule has 4 rings (SSSR count). The highest BCUT2D eigenvalue weighted by Gasteiger charge is 2.52. The van der Waals surface area contributed by atoms with Crippen molar-refractivity contribution in [2.24, 2.45) is 0 Å². The summed E-state index contributed by atoms with van der Waals surface area (Å²) in [6.45, 7) is 10.3. The van der Waals surface area contributed by atoms with E-state index in [4.69, 9.17) is 14.0 Å². The first-order valence-corrected chi connectivity index (χ1v) is 11.6. The largest absolute Gasteiger partial charge is 0.495 e. The second kappa shape index (κ2) is 10.2. The molecule has 2 fully saturated rings. The van der Waals surface area contributed by atoms with E-state index in [-0.39, 0.29) is 5.75 Å². The average molecular weight is 426 g/mol. The van der Waals surface area contributed by atoms with Gasteiger partial charge in [-0.25, -0.2) is 4.39 Å². The van der Waals surface area contributed by atoms with E-state index in [1.165, 1.54) is 38.2 Å². The molecule has 2 aromatic rings. The summed E-state index contributed by atoms with van der Waals surface area (Å²) in [5.41, 5.74) is 1.78. The predicted molar refractivity (Wildman–Crippen MR) is 125 cm³/mol. The molecule has 1 saturated heterocycles. The molecular formula is C26H36BFO3. The second-order valence-electron chi connectivity index (χ2n) is 9.47. The fourth-order valence-corrected chi connectivity index (χ4v) is 3.84. The Labute approximate surface area is 187 Å². The highest BCUT2D eigenvalue weighted by molar-refractivity contribution is 6.62. The van der Waals surface area contributed by atoms with Gasteiger partial charge >= 0.3 is 7.12 Å². The Hall–Kier alpha value is -1.85. The molecule has 5 heteroatoms. The van der Waals surface area contributed by atoms with Crippen LogP contribution in [0.25, 0.3) is 0 Å². The van der Waals surface area contributed by atoms with Crippen LogP contribution in [0.3, 0.4) is 0 Å². The van der Waals surface area contributed by atoms with E-state index in [1.807, 2.05) is 65.0 Å². The number of hydrogen-bond donors (Lipinski definition) is 0. The predicted octanol–water partition coefficient (Wildman–Crippen LogP) is 6.22. The van der Waals surface area contributed by atoms with Crippen LogP contribution in [0.15, 0.2) is 42.5 Å². The Kier molecular flexibility index (Phi) is 7.82. The number of ether oxygens (including phenoxy) is 1. The summed E-state index contributed by atoms with van der Waals surface area (Å²) in [7, 11) is -0.576. The summed E-state index contributed by atoms with van der Waals surface area (Å²) in [5, 5.41) is 0. The molecular weight excluding hydrogens is 390 g/mol. The molecule has 0 amide bonds. The summed E-state index contributed by atoms with van der Waals surface area (Å²) >= 11 is 0. The van der Waals surface area contributed by atoms with Crippen LogP contribution in [0.1, 0.15) is 77.8 Å². The van der Waals surface area contributed by atoms with Crippen molar-refractivity contribution in [1.29, 1.82) is 0 Å². The fourth-order valence-electron chi connectivity index (χ4n) is 3.84. The summed E-state index contributed by atoms with van der Waals surface area (Å²) < 4.78 is 32.6. The van der Waals surface area contributed by atoms with Crippen molar-refractivity contribution in [2.75, 3.05) is 0 Å². The number of benzene rings is 2. The third-order valence-electron chi connectivity index (χ3n) is 6.57. The normalized spacial score (nSPS) is 19.1. The molecule has 2 aliphatic rings. The topological polar surface area (TPSA) is 27.7 Å². The smallest absolute Gasteiger partial charge is 0.486 e. The highest BCUT2D eigenvalue weighted by atomic mass is 19.1. The van der Waals surface area contributed by atoms with Crippen LogP contribution in [0.5, 0.6) is 5.75 Å². The van der Waals surface area contributed by atoms with Gasteiger partial charge in [0.05, 0.1) is 11.2 Å². The zero-order chi connectivity index (χ0) is 22.5. The van der Waals surface area contributed by atoms with Crippen LogP contribution < -0.4 is 10.2 Å². The first-order valence-electron chi connectivity index (χ1n) is 11.6. The SMILES string of the molecule is C1CCCC1.CCc1cc(OCc2ccccc2)c(F)cc1B1OC(C)(C)C(C)(C)O1. The maximum atomic E-state index is 14.7. The fraction of sp³-hybridized carbons (Fsp3) is 0.538. The molecule has 31 heavy (non-hydrogen) atoms. The zero-order valence-electron chi connectivity index (χ0n) is 19.7. The minimum atomic E-state index is -0.576. The van der Waals surface area contributed by atoms with E-state index in [1.54, 1.807) is 6.07 Å². The molecule has 0 N–H and O–H groups in total. The molecule has 168 valence electrons. The van der Waals surface area contributed by atoms with Crippen molar-refractivity contribution >= 4 is 12.6 Å². The molecule has 1 aliphatic heterocycles. The van der Waals surface area contributed by atoms with Crippen LogP contribution in [-0.2, 0) is 22.3 Å². The Balaban J connectivity index is 0.000000478.